The summed E-state index contributed by atoms with van der Waals surface area (Å²) in [6.45, 7) is 16.1. The number of rotatable bonds is 7. The van der Waals surface area contributed by atoms with Crippen molar-refractivity contribution >= 4 is 55.0 Å². The zero-order valence-corrected chi connectivity index (χ0v) is 38.9. The molecule has 0 aliphatic carbocycles. The van der Waals surface area contributed by atoms with Crippen molar-refractivity contribution in [3.05, 3.63) is 251 Å². The fourth-order valence-electron chi connectivity index (χ4n) is 10.5. The number of nitrogens with zero attached hydrogens (tertiary/aromatic N) is 7. The summed E-state index contributed by atoms with van der Waals surface area (Å²) in [4.78, 5) is 7.66. The number of hydrogen-bond donors (Lipinski definition) is 0. The van der Waals surface area contributed by atoms with Gasteiger partial charge in [0.05, 0.1) is 75.4 Å². The lowest BCUT2D eigenvalue weighted by Gasteiger charge is -2.19. The Bertz CT molecular complexity index is 4090. The van der Waals surface area contributed by atoms with E-state index in [1.54, 1.807) is 48.5 Å². The van der Waals surface area contributed by atoms with E-state index in [0.717, 1.165) is 43.8 Å². The van der Waals surface area contributed by atoms with Crippen LogP contribution in [-0.2, 0) is 0 Å². The molecule has 0 amide bonds. The minimum absolute atomic E-state index is 0.149. The molecule has 0 atom stereocenters. The first-order valence-electron chi connectivity index (χ1n) is 23.4. The highest BCUT2D eigenvalue weighted by Crippen LogP contribution is 2.45. The van der Waals surface area contributed by atoms with E-state index in [4.69, 9.17) is 13.1 Å². The summed E-state index contributed by atoms with van der Waals surface area (Å²) >= 11 is 0. The van der Waals surface area contributed by atoms with Gasteiger partial charge in [0.15, 0.2) is 11.4 Å². The Kier molecular flexibility index (Phi) is 10.7. The van der Waals surface area contributed by atoms with Crippen molar-refractivity contribution in [3.8, 4) is 85.2 Å². The van der Waals surface area contributed by atoms with E-state index in [1.165, 1.54) is 18.2 Å². The molecule has 0 saturated heterocycles. The van der Waals surface area contributed by atoms with Crippen LogP contribution in [0.3, 0.4) is 0 Å². The fourth-order valence-corrected chi connectivity index (χ4v) is 10.5. The predicted molar refractivity (Wildman–Crippen MR) is 289 cm³/mol. The van der Waals surface area contributed by atoms with Crippen LogP contribution in [0.15, 0.2) is 200 Å². The normalized spacial score (nSPS) is 11.0. The summed E-state index contributed by atoms with van der Waals surface area (Å²) < 4.78 is 36.9. The number of hydrogen-bond acceptors (Lipinski definition) is 3. The van der Waals surface area contributed by atoms with Crippen LogP contribution in [0, 0.1) is 58.8 Å². The first-order chi connectivity index (χ1) is 36.3. The Morgan fingerprint density at radius 3 is 1.08 bits per heavy atom. The Labute approximate surface area is 423 Å². The minimum Gasteiger partial charge on any atom is -0.308 e. The average molecular weight is 950 g/mol. The Balaban J connectivity index is 1.26. The molecule has 12 aromatic rings. The number of fused-ring (bicyclic) bond motifs is 6. The van der Waals surface area contributed by atoms with Crippen molar-refractivity contribution in [1.82, 2.24) is 9.13 Å². The van der Waals surface area contributed by atoms with E-state index in [9.17, 15) is 15.8 Å². The van der Waals surface area contributed by atoms with Gasteiger partial charge in [-0.1, -0.05) is 140 Å². The largest absolute Gasteiger partial charge is 0.308 e. The van der Waals surface area contributed by atoms with Crippen LogP contribution >= 0.6 is 0 Å². The first kappa shape index (κ1) is 44.3. The van der Waals surface area contributed by atoms with Crippen molar-refractivity contribution in [2.24, 2.45) is 0 Å². The molecule has 342 valence electrons. The summed E-state index contributed by atoms with van der Waals surface area (Å²) in [6, 6.07) is 67.1. The Hall–Kier alpha value is -10.9. The van der Waals surface area contributed by atoms with Gasteiger partial charge in [-0.25, -0.2) is 18.5 Å². The molecule has 2 heterocycles. The van der Waals surface area contributed by atoms with Gasteiger partial charge < -0.3 is 9.13 Å². The molecule has 12 rings (SSSR count). The van der Waals surface area contributed by atoms with E-state index < -0.39 is 11.6 Å². The summed E-state index contributed by atoms with van der Waals surface area (Å²) in [5.74, 6) is -1.61. The van der Waals surface area contributed by atoms with Gasteiger partial charge in [-0.05, 0) is 111 Å². The van der Waals surface area contributed by atoms with E-state index in [1.807, 2.05) is 143 Å². The number of nitriles is 3. The molecule has 0 radical (unpaired) electrons. The van der Waals surface area contributed by atoms with Gasteiger partial charge in [0.25, 0.3) is 0 Å². The highest BCUT2D eigenvalue weighted by molar-refractivity contribution is 6.14. The van der Waals surface area contributed by atoms with Gasteiger partial charge in [-0.2, -0.15) is 15.8 Å². The van der Waals surface area contributed by atoms with Crippen molar-refractivity contribution in [1.29, 1.82) is 15.8 Å². The maximum Gasteiger partial charge on any atom is 0.194 e. The third-order valence-corrected chi connectivity index (χ3v) is 13.9. The fraction of sp³-hybridized carbons (Fsp3) is 0. The van der Waals surface area contributed by atoms with Gasteiger partial charge in [-0.3, -0.25) is 0 Å². The van der Waals surface area contributed by atoms with E-state index >= 15 is 8.78 Å². The number of halogens is 2. The molecule has 0 spiro atoms. The predicted octanol–water partition coefficient (Wildman–Crippen LogP) is 17.2. The van der Waals surface area contributed by atoms with Gasteiger partial charge in [-0.15, -0.1) is 0 Å². The molecule has 0 bridgehead atoms. The molecule has 0 aliphatic heterocycles. The molecule has 0 aliphatic rings. The van der Waals surface area contributed by atoms with E-state index in [2.05, 4.69) is 27.9 Å². The highest BCUT2D eigenvalue weighted by Gasteiger charge is 2.26. The van der Waals surface area contributed by atoms with Crippen molar-refractivity contribution in [2.75, 3.05) is 0 Å². The topological polar surface area (TPSA) is 89.9 Å². The molecule has 0 N–H and O–H groups in total. The van der Waals surface area contributed by atoms with Crippen LogP contribution < -0.4 is 0 Å². The third-order valence-electron chi connectivity index (χ3n) is 13.9. The van der Waals surface area contributed by atoms with Gasteiger partial charge in [0, 0.05) is 21.5 Å². The summed E-state index contributed by atoms with van der Waals surface area (Å²) in [5.41, 5.74) is 10.7. The lowest BCUT2D eigenvalue weighted by Crippen LogP contribution is -2.06. The monoisotopic (exact) mass is 949 g/mol. The second-order valence-electron chi connectivity index (χ2n) is 17.8. The molecule has 0 saturated carbocycles. The molecule has 10 aromatic carbocycles. The summed E-state index contributed by atoms with van der Waals surface area (Å²) in [5, 5.41) is 35.6. The lowest BCUT2D eigenvalue weighted by molar-refractivity contribution is 0.589. The molecule has 9 heteroatoms. The molecule has 7 nitrogen and oxygen atoms in total. The van der Waals surface area contributed by atoms with Crippen LogP contribution in [0.25, 0.3) is 120 Å². The summed E-state index contributed by atoms with van der Waals surface area (Å²) in [7, 11) is 0. The average Bonchev–Trinajstić information content (AvgIpc) is 3.95. The van der Waals surface area contributed by atoms with E-state index in [0.29, 0.717) is 78.2 Å². The quantitative estimate of drug-likeness (QED) is 0.149. The summed E-state index contributed by atoms with van der Waals surface area (Å²) in [6.07, 6.45) is 0. The second-order valence-corrected chi connectivity index (χ2v) is 17.8. The SMILES string of the molecule is [C-]#[N+]c1ccccc1-c1ccc2c3ccc(-c4ccccc4C#N)cc3n(-c3cc(-c4c(F)cccc4F)cc(-n4c5cc(-c6ccccc6C#N)ccc5c5ccc(-c6ccccc6[N+]#[C-])cc54)c3C#N)c2c1. The van der Waals surface area contributed by atoms with Crippen molar-refractivity contribution in [2.45, 2.75) is 0 Å². The number of aromatic nitrogens is 2. The molecular formula is C65H33F2N7. The minimum atomic E-state index is -0.807. The second kappa shape index (κ2) is 17.8. The molecule has 74 heavy (non-hydrogen) atoms. The molecule has 2 aromatic heterocycles. The molecular weight excluding hydrogens is 917 g/mol. The lowest BCUT2D eigenvalue weighted by atomic mass is 9.98. The maximum absolute atomic E-state index is 16.5. The van der Waals surface area contributed by atoms with Crippen molar-refractivity contribution in [3.63, 3.8) is 0 Å². The molecule has 0 unspecified atom stereocenters. The van der Waals surface area contributed by atoms with Crippen molar-refractivity contribution < 1.29 is 8.78 Å². The molecule has 0 fully saturated rings. The smallest absolute Gasteiger partial charge is 0.194 e. The highest BCUT2D eigenvalue weighted by atomic mass is 19.1. The van der Waals surface area contributed by atoms with Crippen LogP contribution in [0.4, 0.5) is 20.2 Å². The zero-order chi connectivity index (χ0) is 50.6. The van der Waals surface area contributed by atoms with Gasteiger partial charge in [0.1, 0.15) is 23.3 Å². The number of para-hydroxylation sites is 2. The Morgan fingerprint density at radius 1 is 0.365 bits per heavy atom. The maximum atomic E-state index is 16.5. The van der Waals surface area contributed by atoms with E-state index in [-0.39, 0.29) is 16.7 Å². The standard InChI is InChI=1S/C65H33F2N7/c1-71-57-20-9-7-16-48(57)41-24-28-52-50-26-22-39(46-14-5-3-12-43(46)36-68)30-59(50)73(61(52)32-41)63-34-45(65-55(66)18-11-19-56(65)67)35-64(54(63)38-70)74-60-31-40(47-15-6-4-13-44(47)37-69)23-27-51(60)53-29-25-42(33-62(53)74)49-17-8-10-21-58(49)72-2/h3-35H. The Morgan fingerprint density at radius 2 is 0.716 bits per heavy atom. The van der Waals surface area contributed by atoms with Crippen LogP contribution in [0.5, 0.6) is 0 Å². The van der Waals surface area contributed by atoms with Crippen LogP contribution in [-0.4, -0.2) is 9.13 Å². The van der Waals surface area contributed by atoms with Gasteiger partial charge in [0.2, 0.25) is 0 Å². The van der Waals surface area contributed by atoms with Crippen LogP contribution in [0.1, 0.15) is 16.7 Å². The first-order valence-corrected chi connectivity index (χ1v) is 23.4. The number of benzene rings is 10. The zero-order valence-electron chi connectivity index (χ0n) is 38.9. The van der Waals surface area contributed by atoms with Crippen LogP contribution in [0.2, 0.25) is 0 Å². The van der Waals surface area contributed by atoms with Gasteiger partial charge >= 0.3 is 0 Å². The third kappa shape index (κ3) is 7.04.